The van der Waals surface area contributed by atoms with Crippen LogP contribution in [0.1, 0.15) is 52.4 Å². The normalized spacial score (nSPS) is 19.9. The van der Waals surface area contributed by atoms with Crippen molar-refractivity contribution in [3.05, 3.63) is 70.8 Å². The van der Waals surface area contributed by atoms with Crippen LogP contribution in [0.15, 0.2) is 48.5 Å². The van der Waals surface area contributed by atoms with Gasteiger partial charge in [-0.3, -0.25) is 9.59 Å². The number of rotatable bonds is 10. The van der Waals surface area contributed by atoms with E-state index in [1.807, 2.05) is 67.3 Å². The molecule has 0 bridgehead atoms. The number of carboxylic acids is 1. The summed E-state index contributed by atoms with van der Waals surface area (Å²) >= 11 is 0. The van der Waals surface area contributed by atoms with Gasteiger partial charge in [0.15, 0.2) is 0 Å². The number of urea groups is 1. The number of nitrogens with zero attached hydrogens (tertiary/aromatic N) is 2. The van der Waals surface area contributed by atoms with E-state index in [1.165, 1.54) is 0 Å². The Labute approximate surface area is 219 Å². The van der Waals surface area contributed by atoms with E-state index in [1.54, 1.807) is 0 Å². The van der Waals surface area contributed by atoms with Crippen molar-refractivity contribution in [1.82, 2.24) is 20.4 Å². The van der Waals surface area contributed by atoms with Gasteiger partial charge in [0, 0.05) is 51.3 Å². The smallest absolute Gasteiger partial charge is 0.315 e. The third-order valence-electron chi connectivity index (χ3n) is 7.64. The fourth-order valence-electron chi connectivity index (χ4n) is 5.72. The average Bonchev–Trinajstić information content (AvgIpc) is 3.44. The largest absolute Gasteiger partial charge is 0.481 e. The Hall–Kier alpha value is -3.39. The number of fused-ring (bicyclic) bond motifs is 1. The highest BCUT2D eigenvalue weighted by Gasteiger charge is 2.42. The van der Waals surface area contributed by atoms with Crippen molar-refractivity contribution in [2.24, 2.45) is 11.8 Å². The minimum Gasteiger partial charge on any atom is -0.481 e. The van der Waals surface area contributed by atoms with E-state index in [9.17, 15) is 14.4 Å². The molecule has 2 aromatic rings. The third-order valence-corrected chi connectivity index (χ3v) is 7.64. The summed E-state index contributed by atoms with van der Waals surface area (Å²) in [5, 5.41) is 14.6. The molecule has 37 heavy (non-hydrogen) atoms. The van der Waals surface area contributed by atoms with Gasteiger partial charge in [-0.15, -0.1) is 0 Å². The molecule has 4 rings (SSSR count). The van der Waals surface area contributed by atoms with Gasteiger partial charge in [-0.05, 0) is 55.2 Å². The van der Waals surface area contributed by atoms with Gasteiger partial charge >= 0.3 is 12.0 Å². The first kappa shape index (κ1) is 26.7. The SMILES string of the molecule is Cc1cccc(C)c1C(=O)N1CC2CN(CCC(NC(=O)NCCCC(=O)O)c3ccccc3)C[C@H]2C1. The summed E-state index contributed by atoms with van der Waals surface area (Å²) in [6.07, 6.45) is 1.21. The fourth-order valence-corrected chi connectivity index (χ4v) is 5.72. The van der Waals surface area contributed by atoms with Gasteiger partial charge in [0.25, 0.3) is 5.91 Å². The van der Waals surface area contributed by atoms with Crippen LogP contribution in [-0.2, 0) is 4.79 Å². The Morgan fingerprint density at radius 3 is 2.22 bits per heavy atom. The maximum Gasteiger partial charge on any atom is 0.315 e. The molecule has 0 aliphatic carbocycles. The third kappa shape index (κ3) is 6.89. The fraction of sp³-hybridized carbons (Fsp3) is 0.483. The molecule has 3 atom stereocenters. The van der Waals surface area contributed by atoms with Gasteiger partial charge in [-0.2, -0.15) is 0 Å². The number of aliphatic carboxylic acids is 1. The van der Waals surface area contributed by atoms with Crippen LogP contribution in [0, 0.1) is 25.7 Å². The molecule has 0 saturated carbocycles. The number of hydrogen-bond donors (Lipinski definition) is 3. The summed E-state index contributed by atoms with van der Waals surface area (Å²) in [7, 11) is 0. The number of carbonyl (C=O) groups excluding carboxylic acids is 2. The zero-order valence-electron chi connectivity index (χ0n) is 21.8. The number of nitrogens with one attached hydrogen (secondary N) is 2. The summed E-state index contributed by atoms with van der Waals surface area (Å²) < 4.78 is 0. The first-order valence-corrected chi connectivity index (χ1v) is 13.2. The van der Waals surface area contributed by atoms with Crippen LogP contribution >= 0.6 is 0 Å². The number of carbonyl (C=O) groups is 3. The van der Waals surface area contributed by atoms with Crippen molar-refractivity contribution in [3.63, 3.8) is 0 Å². The Morgan fingerprint density at radius 1 is 0.946 bits per heavy atom. The molecule has 3 N–H and O–H groups in total. The van der Waals surface area contributed by atoms with Crippen molar-refractivity contribution >= 4 is 17.9 Å². The van der Waals surface area contributed by atoms with Crippen molar-refractivity contribution in [1.29, 1.82) is 0 Å². The van der Waals surface area contributed by atoms with Gasteiger partial charge in [-0.1, -0.05) is 48.5 Å². The zero-order valence-corrected chi connectivity index (χ0v) is 21.8. The van der Waals surface area contributed by atoms with Crippen LogP contribution in [0.3, 0.4) is 0 Å². The van der Waals surface area contributed by atoms with Crippen LogP contribution in [-0.4, -0.2) is 72.1 Å². The molecule has 2 saturated heterocycles. The average molecular weight is 507 g/mol. The summed E-state index contributed by atoms with van der Waals surface area (Å²) in [4.78, 5) is 40.9. The molecule has 8 heteroatoms. The summed E-state index contributed by atoms with van der Waals surface area (Å²) in [5.41, 5.74) is 3.97. The van der Waals surface area contributed by atoms with Gasteiger partial charge in [-0.25, -0.2) is 4.79 Å². The minimum absolute atomic E-state index is 0.0350. The van der Waals surface area contributed by atoms with Gasteiger partial charge < -0.3 is 25.5 Å². The topological polar surface area (TPSA) is 102 Å². The first-order chi connectivity index (χ1) is 17.8. The van der Waals surface area contributed by atoms with Crippen LogP contribution in [0.2, 0.25) is 0 Å². The molecule has 2 unspecified atom stereocenters. The molecule has 2 aromatic carbocycles. The van der Waals surface area contributed by atoms with E-state index in [0.29, 0.717) is 24.8 Å². The molecular weight excluding hydrogens is 468 g/mol. The molecule has 8 nitrogen and oxygen atoms in total. The van der Waals surface area contributed by atoms with Crippen molar-refractivity contribution < 1.29 is 19.5 Å². The van der Waals surface area contributed by atoms with E-state index in [2.05, 4.69) is 15.5 Å². The first-order valence-electron chi connectivity index (χ1n) is 13.2. The van der Waals surface area contributed by atoms with Crippen LogP contribution in [0.4, 0.5) is 4.79 Å². The Bertz CT molecular complexity index is 1070. The van der Waals surface area contributed by atoms with Crippen LogP contribution in [0.5, 0.6) is 0 Å². The molecule has 3 amide bonds. The van der Waals surface area contributed by atoms with Crippen LogP contribution in [0.25, 0.3) is 0 Å². The highest BCUT2D eigenvalue weighted by molar-refractivity contribution is 5.97. The number of carboxylic acid groups (broad SMARTS) is 1. The molecule has 2 aliphatic heterocycles. The van der Waals surface area contributed by atoms with Crippen molar-refractivity contribution in [2.45, 2.75) is 39.2 Å². The lowest BCUT2D eigenvalue weighted by molar-refractivity contribution is -0.137. The highest BCUT2D eigenvalue weighted by atomic mass is 16.4. The van der Waals surface area contributed by atoms with E-state index in [0.717, 1.165) is 61.4 Å². The van der Waals surface area contributed by atoms with Gasteiger partial charge in [0.05, 0.1) is 6.04 Å². The molecule has 0 radical (unpaired) electrons. The predicted molar refractivity (Wildman–Crippen MR) is 142 cm³/mol. The minimum atomic E-state index is -0.863. The standard InChI is InChI=1S/C29H38N4O4/c1-20-8-6-9-21(2)27(20)28(36)33-18-23-16-32(17-24(23)19-33)15-13-25(22-10-4-3-5-11-22)31-29(37)30-14-7-12-26(34)35/h3-6,8-11,23-25H,7,12-19H2,1-2H3,(H,34,35)(H2,30,31,37)/t23-,24?,25?/m0/s1. The summed E-state index contributed by atoms with van der Waals surface area (Å²) in [6, 6.07) is 15.5. The number of benzene rings is 2. The Morgan fingerprint density at radius 2 is 1.59 bits per heavy atom. The molecule has 0 spiro atoms. The molecule has 2 aliphatic rings. The summed E-state index contributed by atoms with van der Waals surface area (Å²) in [6.45, 7) is 8.72. The molecular formula is C29H38N4O4. The van der Waals surface area contributed by atoms with Crippen LogP contribution < -0.4 is 10.6 Å². The molecule has 2 heterocycles. The van der Waals surface area contributed by atoms with Crippen molar-refractivity contribution in [3.8, 4) is 0 Å². The number of aryl methyl sites for hydroxylation is 2. The Balaban J connectivity index is 1.28. The lowest BCUT2D eigenvalue weighted by Gasteiger charge is -2.25. The van der Waals surface area contributed by atoms with E-state index in [4.69, 9.17) is 5.11 Å². The van der Waals surface area contributed by atoms with E-state index < -0.39 is 5.97 Å². The predicted octanol–water partition coefficient (Wildman–Crippen LogP) is 3.60. The molecule has 2 fully saturated rings. The Kier molecular flexibility index (Phi) is 8.82. The summed E-state index contributed by atoms with van der Waals surface area (Å²) in [5.74, 6) is 0.250. The maximum atomic E-state index is 13.2. The molecule has 0 aromatic heterocycles. The second-order valence-electron chi connectivity index (χ2n) is 10.4. The maximum absolute atomic E-state index is 13.2. The van der Waals surface area contributed by atoms with E-state index >= 15 is 0 Å². The van der Waals surface area contributed by atoms with Gasteiger partial charge in [0.2, 0.25) is 0 Å². The quantitative estimate of drug-likeness (QED) is 0.428. The van der Waals surface area contributed by atoms with Gasteiger partial charge in [0.1, 0.15) is 0 Å². The number of amides is 3. The monoisotopic (exact) mass is 506 g/mol. The van der Waals surface area contributed by atoms with E-state index in [-0.39, 0.29) is 24.4 Å². The van der Waals surface area contributed by atoms with Crippen molar-refractivity contribution in [2.75, 3.05) is 39.3 Å². The number of likely N-dealkylation sites (tertiary alicyclic amines) is 2. The molecule has 198 valence electrons. The highest BCUT2D eigenvalue weighted by Crippen LogP contribution is 2.33. The second kappa shape index (κ2) is 12.2. The zero-order chi connectivity index (χ0) is 26.4. The second-order valence-corrected chi connectivity index (χ2v) is 10.4. The number of hydrogen-bond acceptors (Lipinski definition) is 4. The lowest BCUT2D eigenvalue weighted by Crippen LogP contribution is -2.40. The lowest BCUT2D eigenvalue weighted by atomic mass is 10.0.